The molecule has 2 rings (SSSR count). The number of halogens is 1. The van der Waals surface area contributed by atoms with Gasteiger partial charge in [0.1, 0.15) is 11.5 Å². The first-order valence-corrected chi connectivity index (χ1v) is 8.07. The van der Waals surface area contributed by atoms with Crippen molar-refractivity contribution in [2.45, 2.75) is 33.1 Å². The average molecular weight is 348 g/mol. The maximum atomic E-state index is 6.19. The van der Waals surface area contributed by atoms with Crippen molar-refractivity contribution >= 4 is 15.9 Å². The van der Waals surface area contributed by atoms with E-state index in [4.69, 9.17) is 10.5 Å². The summed E-state index contributed by atoms with van der Waals surface area (Å²) < 4.78 is 7.26. The van der Waals surface area contributed by atoms with Gasteiger partial charge in [0.05, 0.1) is 0 Å². The Kier molecular flexibility index (Phi) is 5.43. The van der Waals surface area contributed by atoms with Crippen LogP contribution in [0.25, 0.3) is 0 Å². The molecule has 0 radical (unpaired) electrons. The van der Waals surface area contributed by atoms with Gasteiger partial charge < -0.3 is 10.5 Å². The van der Waals surface area contributed by atoms with Crippen LogP contribution in [0.5, 0.6) is 11.5 Å². The number of ether oxygens (including phenoxy) is 1. The molecular formula is C18H22BrNO. The van der Waals surface area contributed by atoms with Crippen LogP contribution in [0.15, 0.2) is 40.9 Å². The normalized spacial score (nSPS) is 11.0. The summed E-state index contributed by atoms with van der Waals surface area (Å²) in [5.74, 6) is 2.21. The Morgan fingerprint density at radius 3 is 2.48 bits per heavy atom. The van der Waals surface area contributed by atoms with Crippen molar-refractivity contribution in [1.82, 2.24) is 0 Å². The first kappa shape index (κ1) is 16.1. The Morgan fingerprint density at radius 1 is 1.10 bits per heavy atom. The molecule has 2 N–H and O–H groups in total. The van der Waals surface area contributed by atoms with Gasteiger partial charge in [-0.25, -0.2) is 0 Å². The summed E-state index contributed by atoms with van der Waals surface area (Å²) in [6.07, 6.45) is 0.824. The summed E-state index contributed by atoms with van der Waals surface area (Å²) in [5.41, 5.74) is 9.30. The molecule has 0 atom stereocenters. The maximum absolute atomic E-state index is 6.19. The maximum Gasteiger partial charge on any atom is 0.130 e. The molecular weight excluding hydrogens is 326 g/mol. The molecule has 0 unspecified atom stereocenters. The molecule has 0 fully saturated rings. The van der Waals surface area contributed by atoms with E-state index >= 15 is 0 Å². The molecule has 0 spiro atoms. The number of hydrogen-bond donors (Lipinski definition) is 1. The quantitative estimate of drug-likeness (QED) is 0.809. The minimum atomic E-state index is 0.404. The van der Waals surface area contributed by atoms with E-state index in [1.54, 1.807) is 0 Å². The van der Waals surface area contributed by atoms with Gasteiger partial charge in [-0.2, -0.15) is 0 Å². The van der Waals surface area contributed by atoms with Crippen LogP contribution < -0.4 is 10.5 Å². The molecule has 0 heterocycles. The van der Waals surface area contributed by atoms with E-state index < -0.39 is 0 Å². The van der Waals surface area contributed by atoms with E-state index in [1.807, 2.05) is 18.2 Å². The van der Waals surface area contributed by atoms with E-state index in [0.29, 0.717) is 12.5 Å². The molecule has 0 bridgehead atoms. The minimum Gasteiger partial charge on any atom is -0.457 e. The van der Waals surface area contributed by atoms with Crippen molar-refractivity contribution in [3.05, 3.63) is 57.6 Å². The van der Waals surface area contributed by atoms with Gasteiger partial charge in [-0.05, 0) is 61.2 Å². The second-order valence-electron chi connectivity index (χ2n) is 5.59. The predicted octanol–water partition coefficient (Wildman–Crippen LogP) is 5.17. The molecule has 2 nitrogen and oxygen atoms in total. The Labute approximate surface area is 135 Å². The lowest BCUT2D eigenvalue weighted by molar-refractivity contribution is 0.467. The topological polar surface area (TPSA) is 35.2 Å². The number of hydrogen-bond acceptors (Lipinski definition) is 2. The smallest absolute Gasteiger partial charge is 0.130 e. The molecule has 3 heteroatoms. The summed E-state index contributed by atoms with van der Waals surface area (Å²) in [7, 11) is 0. The van der Waals surface area contributed by atoms with E-state index in [0.717, 1.165) is 28.0 Å². The van der Waals surface area contributed by atoms with Gasteiger partial charge in [0.2, 0.25) is 0 Å². The molecule has 0 aliphatic heterocycles. The molecule has 21 heavy (non-hydrogen) atoms. The fraction of sp³-hybridized carbons (Fsp3) is 0.333. The third-order valence-electron chi connectivity index (χ3n) is 3.44. The highest BCUT2D eigenvalue weighted by Crippen LogP contribution is 2.34. The van der Waals surface area contributed by atoms with Gasteiger partial charge >= 0.3 is 0 Å². The number of benzene rings is 2. The molecule has 0 saturated heterocycles. The minimum absolute atomic E-state index is 0.404. The average Bonchev–Trinajstić information content (AvgIpc) is 2.43. The second-order valence-corrected chi connectivity index (χ2v) is 6.50. The zero-order chi connectivity index (χ0) is 15.4. The van der Waals surface area contributed by atoms with Crippen molar-refractivity contribution in [3.63, 3.8) is 0 Å². The zero-order valence-electron chi connectivity index (χ0n) is 12.8. The van der Waals surface area contributed by atoms with Crippen molar-refractivity contribution in [2.75, 3.05) is 6.54 Å². The lowest BCUT2D eigenvalue weighted by Crippen LogP contribution is -2.05. The second kappa shape index (κ2) is 7.10. The van der Waals surface area contributed by atoms with Crippen LogP contribution in [0, 0.1) is 6.92 Å². The van der Waals surface area contributed by atoms with Gasteiger partial charge in [-0.15, -0.1) is 0 Å². The van der Waals surface area contributed by atoms with Gasteiger partial charge in [0.15, 0.2) is 0 Å². The van der Waals surface area contributed by atoms with Crippen molar-refractivity contribution in [3.8, 4) is 11.5 Å². The van der Waals surface area contributed by atoms with Gasteiger partial charge in [-0.3, -0.25) is 0 Å². The Hall–Kier alpha value is -1.32. The lowest BCUT2D eigenvalue weighted by Gasteiger charge is -2.17. The van der Waals surface area contributed by atoms with E-state index in [-0.39, 0.29) is 0 Å². The summed E-state index contributed by atoms with van der Waals surface area (Å²) in [4.78, 5) is 0. The van der Waals surface area contributed by atoms with Crippen molar-refractivity contribution < 1.29 is 4.74 Å². The molecule has 0 aliphatic rings. The highest BCUT2D eigenvalue weighted by atomic mass is 79.9. The standard InChI is InChI=1S/C18H22BrNO/c1-12(2)16-11-15(19)5-7-18(16)21-17-6-4-13(3)10-14(17)8-9-20/h4-7,10-12H,8-9,20H2,1-3H3. The van der Waals surface area contributed by atoms with Crippen molar-refractivity contribution in [2.24, 2.45) is 5.73 Å². The van der Waals surface area contributed by atoms with Crippen LogP contribution in [0.3, 0.4) is 0 Å². The SMILES string of the molecule is Cc1ccc(Oc2ccc(Br)cc2C(C)C)c(CCN)c1. The monoisotopic (exact) mass is 347 g/mol. The molecule has 112 valence electrons. The fourth-order valence-electron chi connectivity index (χ4n) is 2.34. The summed E-state index contributed by atoms with van der Waals surface area (Å²) in [5, 5.41) is 0. The van der Waals surface area contributed by atoms with Gasteiger partial charge in [0, 0.05) is 4.47 Å². The van der Waals surface area contributed by atoms with E-state index in [2.05, 4.69) is 54.9 Å². The Balaban J connectivity index is 2.38. The Bertz CT molecular complexity index is 623. The third-order valence-corrected chi connectivity index (χ3v) is 3.94. The van der Waals surface area contributed by atoms with Crippen LogP contribution in [0.1, 0.15) is 36.5 Å². The van der Waals surface area contributed by atoms with Crippen LogP contribution in [0.2, 0.25) is 0 Å². The molecule has 0 aromatic heterocycles. The number of rotatable bonds is 5. The van der Waals surface area contributed by atoms with Crippen LogP contribution >= 0.6 is 15.9 Å². The van der Waals surface area contributed by atoms with Gasteiger partial charge in [-0.1, -0.05) is 47.5 Å². The highest BCUT2D eigenvalue weighted by molar-refractivity contribution is 9.10. The Morgan fingerprint density at radius 2 is 1.81 bits per heavy atom. The molecule has 2 aromatic rings. The number of nitrogens with two attached hydrogens (primary N) is 1. The zero-order valence-corrected chi connectivity index (χ0v) is 14.4. The van der Waals surface area contributed by atoms with Crippen molar-refractivity contribution in [1.29, 1.82) is 0 Å². The van der Waals surface area contributed by atoms with Gasteiger partial charge in [0.25, 0.3) is 0 Å². The summed E-state index contributed by atoms with van der Waals surface area (Å²) in [6, 6.07) is 12.4. The molecule has 0 aliphatic carbocycles. The molecule has 0 amide bonds. The summed E-state index contributed by atoms with van der Waals surface area (Å²) >= 11 is 3.53. The fourth-order valence-corrected chi connectivity index (χ4v) is 2.72. The van der Waals surface area contributed by atoms with Crippen LogP contribution in [-0.2, 0) is 6.42 Å². The van der Waals surface area contributed by atoms with E-state index in [1.165, 1.54) is 11.1 Å². The first-order chi connectivity index (χ1) is 10.0. The summed E-state index contributed by atoms with van der Waals surface area (Å²) in [6.45, 7) is 7.05. The first-order valence-electron chi connectivity index (χ1n) is 7.28. The van der Waals surface area contributed by atoms with Crippen LogP contribution in [-0.4, -0.2) is 6.54 Å². The largest absolute Gasteiger partial charge is 0.457 e. The molecule has 0 saturated carbocycles. The highest BCUT2D eigenvalue weighted by Gasteiger charge is 2.11. The third kappa shape index (κ3) is 4.08. The lowest BCUT2D eigenvalue weighted by atomic mass is 10.0. The van der Waals surface area contributed by atoms with E-state index in [9.17, 15) is 0 Å². The van der Waals surface area contributed by atoms with Crippen LogP contribution in [0.4, 0.5) is 0 Å². The number of aryl methyl sites for hydroxylation is 1. The predicted molar refractivity (Wildman–Crippen MR) is 92.2 cm³/mol. The molecule has 2 aromatic carbocycles.